The van der Waals surface area contributed by atoms with Gasteiger partial charge in [0.1, 0.15) is 11.5 Å². The van der Waals surface area contributed by atoms with Gasteiger partial charge in [-0.25, -0.2) is 4.98 Å². The number of aromatic nitrogens is 1. The minimum atomic E-state index is -2.92. The van der Waals surface area contributed by atoms with E-state index in [1.54, 1.807) is 0 Å². The Balaban J connectivity index is 1.22. The number of nitrogens with one attached hydrogen (secondary N) is 1. The highest BCUT2D eigenvalue weighted by atomic mass is 35.5. The Morgan fingerprint density at radius 3 is 2.31 bits per heavy atom. The summed E-state index contributed by atoms with van der Waals surface area (Å²) in [6, 6.07) is 24.4. The molecule has 1 aliphatic heterocycles. The molecule has 1 aliphatic rings. The first-order chi connectivity index (χ1) is 18.7. The summed E-state index contributed by atoms with van der Waals surface area (Å²) in [4.78, 5) is 28.3. The van der Waals surface area contributed by atoms with Gasteiger partial charge in [-0.2, -0.15) is 0 Å². The summed E-state index contributed by atoms with van der Waals surface area (Å²) >= 11 is 6.08. The highest BCUT2D eigenvalue weighted by molar-refractivity contribution is 7.59. The number of hydrogen-bond donors (Lipinski definition) is 2. The van der Waals surface area contributed by atoms with Crippen LogP contribution in [0.3, 0.4) is 0 Å². The van der Waals surface area contributed by atoms with Crippen molar-refractivity contribution in [3.63, 3.8) is 0 Å². The van der Waals surface area contributed by atoms with Gasteiger partial charge >= 0.3 is 0 Å². The Kier molecular flexibility index (Phi) is 8.17. The van der Waals surface area contributed by atoms with Crippen LogP contribution in [0.25, 0.3) is 22.7 Å². The van der Waals surface area contributed by atoms with Crippen molar-refractivity contribution in [2.24, 2.45) is 5.41 Å². The van der Waals surface area contributed by atoms with Crippen molar-refractivity contribution in [3.05, 3.63) is 95.2 Å². The van der Waals surface area contributed by atoms with Crippen molar-refractivity contribution in [2.75, 3.05) is 18.5 Å². The van der Waals surface area contributed by atoms with Crippen molar-refractivity contribution in [1.82, 2.24) is 4.98 Å². The Morgan fingerprint density at radius 1 is 0.974 bits per heavy atom. The van der Waals surface area contributed by atoms with Crippen LogP contribution >= 0.6 is 19.5 Å². The van der Waals surface area contributed by atoms with Gasteiger partial charge in [-0.1, -0.05) is 67.9 Å². The second-order valence-electron chi connectivity index (χ2n) is 10.4. The molecule has 2 N–H and O–H groups in total. The fourth-order valence-corrected chi connectivity index (χ4v) is 6.31. The number of anilines is 1. The number of nitrogens with zero attached hydrogens (tertiary/aromatic N) is 1. The van der Waals surface area contributed by atoms with Crippen molar-refractivity contribution < 1.29 is 23.2 Å². The maximum atomic E-state index is 12.8. The Morgan fingerprint density at radius 2 is 1.64 bits per heavy atom. The first kappa shape index (κ1) is 27.5. The minimum Gasteiger partial charge on any atom is -0.440 e. The average Bonchev–Trinajstić information content (AvgIpc) is 3.36. The summed E-state index contributed by atoms with van der Waals surface area (Å²) in [6.45, 7) is 5.00. The van der Waals surface area contributed by atoms with Gasteiger partial charge in [0.15, 0.2) is 0 Å². The number of carbonyl (C=O) groups is 1. The smallest absolute Gasteiger partial charge is 0.235 e. The van der Waals surface area contributed by atoms with Gasteiger partial charge in [0.25, 0.3) is 0 Å². The second-order valence-corrected chi connectivity index (χ2v) is 13.0. The molecule has 0 atom stereocenters. The molecule has 0 unspecified atom stereocenters. The molecule has 5 rings (SSSR count). The number of amides is 1. The normalized spacial score (nSPS) is 16.1. The lowest BCUT2D eigenvalue weighted by Gasteiger charge is -2.40. The molecule has 1 amide bonds. The third-order valence-corrected chi connectivity index (χ3v) is 8.43. The highest BCUT2D eigenvalue weighted by Gasteiger charge is 2.38. The van der Waals surface area contributed by atoms with Gasteiger partial charge in [0.2, 0.25) is 19.7 Å². The molecule has 3 aromatic carbocycles. The summed E-state index contributed by atoms with van der Waals surface area (Å²) in [5.41, 5.74) is 3.87. The molecular weight excluding hydrogens is 535 g/mol. The van der Waals surface area contributed by atoms with Gasteiger partial charge in [-0.15, -0.1) is 0 Å². The van der Waals surface area contributed by atoms with E-state index in [2.05, 4.69) is 5.32 Å². The Bertz CT molecular complexity index is 1410. The summed E-state index contributed by atoms with van der Waals surface area (Å²) < 4.78 is 17.5. The van der Waals surface area contributed by atoms with E-state index in [1.165, 1.54) is 0 Å². The van der Waals surface area contributed by atoms with E-state index in [1.807, 2.05) is 92.7 Å². The van der Waals surface area contributed by atoms with E-state index in [9.17, 15) is 9.69 Å². The van der Waals surface area contributed by atoms with Gasteiger partial charge in [0.05, 0.1) is 19.4 Å². The Labute approximate surface area is 233 Å². The molecule has 9 heteroatoms. The summed E-state index contributed by atoms with van der Waals surface area (Å²) in [7, 11) is -2.92. The number of rotatable bonds is 8. The topological polar surface area (TPSA) is 93.8 Å². The molecule has 39 heavy (non-hydrogen) atoms. The van der Waals surface area contributed by atoms with E-state index < -0.39 is 7.94 Å². The van der Waals surface area contributed by atoms with Crippen LogP contribution in [0.2, 0.25) is 5.02 Å². The molecule has 1 radical (unpaired) electrons. The molecule has 1 saturated heterocycles. The van der Waals surface area contributed by atoms with Crippen LogP contribution in [0.15, 0.2) is 83.3 Å². The summed E-state index contributed by atoms with van der Waals surface area (Å²) in [6.07, 6.45) is 0.902. The number of aryl methyl sites for hydroxylation is 1. The molecule has 1 fully saturated rings. The van der Waals surface area contributed by atoms with Crippen LogP contribution in [-0.4, -0.2) is 29.0 Å². The second kappa shape index (κ2) is 11.6. The molecule has 2 heterocycles. The van der Waals surface area contributed by atoms with Gasteiger partial charge in [0, 0.05) is 40.1 Å². The number of benzene rings is 3. The maximum Gasteiger partial charge on any atom is 0.235 e. The van der Waals surface area contributed by atoms with E-state index in [0.29, 0.717) is 53.9 Å². The lowest BCUT2D eigenvalue weighted by molar-refractivity contribution is -0.116. The van der Waals surface area contributed by atoms with Gasteiger partial charge in [-0.05, 0) is 42.0 Å². The predicted molar refractivity (Wildman–Crippen MR) is 154 cm³/mol. The fourth-order valence-electron chi connectivity index (χ4n) is 4.15. The highest BCUT2D eigenvalue weighted by Crippen LogP contribution is 2.63. The zero-order valence-electron chi connectivity index (χ0n) is 21.9. The van der Waals surface area contributed by atoms with Crippen molar-refractivity contribution in [1.29, 1.82) is 0 Å². The minimum absolute atomic E-state index is 0.106. The van der Waals surface area contributed by atoms with Crippen molar-refractivity contribution >= 4 is 31.1 Å². The maximum absolute atomic E-state index is 12.8. The molecular formula is C30H31ClN2O5P. The Hall–Kier alpha value is -3.06. The molecule has 1 aromatic heterocycles. The molecule has 203 valence electrons. The first-order valence-electron chi connectivity index (χ1n) is 12.8. The molecule has 0 spiro atoms. The van der Waals surface area contributed by atoms with E-state index in [4.69, 9.17) is 30.0 Å². The van der Waals surface area contributed by atoms with Crippen LogP contribution in [0.4, 0.5) is 5.69 Å². The monoisotopic (exact) mass is 565 g/mol. The van der Waals surface area contributed by atoms with Gasteiger partial charge < -0.3 is 23.7 Å². The van der Waals surface area contributed by atoms with E-state index >= 15 is 0 Å². The van der Waals surface area contributed by atoms with Crippen LogP contribution in [0.1, 0.15) is 31.6 Å². The number of oxazole rings is 1. The first-order valence-corrected chi connectivity index (χ1v) is 14.9. The molecule has 7 nitrogen and oxygen atoms in total. The van der Waals surface area contributed by atoms with E-state index in [-0.39, 0.29) is 17.7 Å². The third-order valence-electron chi connectivity index (χ3n) is 6.35. The van der Waals surface area contributed by atoms with Crippen molar-refractivity contribution in [3.8, 4) is 22.7 Å². The van der Waals surface area contributed by atoms with Crippen LogP contribution in [-0.2, 0) is 26.4 Å². The SMILES string of the molecule is CC1(C)CO[P](O)(Cc2ccc(NC(=O)CCc3oc(-c4ccccc4)nc3-c3ccc(Cl)cc3)cc2)OC1. The third kappa shape index (κ3) is 7.13. The lowest BCUT2D eigenvalue weighted by Crippen LogP contribution is -2.31. The number of halogens is 1. The lowest BCUT2D eigenvalue weighted by atomic mass is 9.97. The standard InChI is InChI=1S/C30H31ClN2O5P/c1-30(2)19-36-39(35,37-20-30)18-21-8-14-25(15-9-21)32-27(34)17-16-26-28(22-10-12-24(31)13-11-22)33-29(38-26)23-6-4-3-5-7-23/h3-15,35H,16-20H2,1-2H3,(H,32,34). The van der Waals surface area contributed by atoms with Crippen LogP contribution in [0.5, 0.6) is 0 Å². The van der Waals surface area contributed by atoms with Crippen molar-refractivity contribution in [2.45, 2.75) is 32.9 Å². The van der Waals surface area contributed by atoms with Crippen LogP contribution in [0, 0.1) is 5.41 Å². The molecule has 0 bridgehead atoms. The van der Waals surface area contributed by atoms with Crippen LogP contribution < -0.4 is 5.32 Å². The number of carbonyl (C=O) groups excluding carboxylic acids is 1. The van der Waals surface area contributed by atoms with Gasteiger partial charge in [-0.3, -0.25) is 4.79 Å². The number of hydrogen-bond acceptors (Lipinski definition) is 6. The largest absolute Gasteiger partial charge is 0.440 e. The summed E-state index contributed by atoms with van der Waals surface area (Å²) in [5, 5.41) is 3.57. The summed E-state index contributed by atoms with van der Waals surface area (Å²) in [5.74, 6) is 0.995. The predicted octanol–water partition coefficient (Wildman–Crippen LogP) is 7.56. The molecule has 0 aliphatic carbocycles. The zero-order valence-corrected chi connectivity index (χ0v) is 23.5. The fraction of sp³-hybridized carbons (Fsp3) is 0.267. The zero-order chi connectivity index (χ0) is 27.5. The quantitative estimate of drug-likeness (QED) is 0.214. The van der Waals surface area contributed by atoms with E-state index in [0.717, 1.165) is 16.7 Å². The molecule has 0 saturated carbocycles. The molecule has 4 aromatic rings. The average molecular weight is 566 g/mol.